The minimum atomic E-state index is -0.676. The van der Waals surface area contributed by atoms with Gasteiger partial charge < -0.3 is 20.4 Å². The maximum Gasteiger partial charge on any atom is 0.329 e. The van der Waals surface area contributed by atoms with Gasteiger partial charge in [0.25, 0.3) is 5.91 Å². The Kier molecular flexibility index (Phi) is 7.81. The summed E-state index contributed by atoms with van der Waals surface area (Å²) < 4.78 is 4.26. The first-order valence-electron chi connectivity index (χ1n) is 19.3. The molecule has 13 nitrogen and oxygen atoms in total. The average molecular weight is 748 g/mol. The van der Waals surface area contributed by atoms with E-state index in [-0.39, 0.29) is 30.0 Å². The first kappa shape index (κ1) is 33.6. The zero-order valence-corrected chi connectivity index (χ0v) is 31.5. The highest BCUT2D eigenvalue weighted by atomic mass is 32.1. The molecule has 5 aromatic rings. The summed E-state index contributed by atoms with van der Waals surface area (Å²) in [7, 11) is 1.75. The molecule has 2 atom stereocenters. The Hall–Kier alpha value is -4.95. The third kappa shape index (κ3) is 5.39. The van der Waals surface area contributed by atoms with E-state index in [0.717, 1.165) is 93.4 Å². The summed E-state index contributed by atoms with van der Waals surface area (Å²) in [6, 6.07) is 14.7. The summed E-state index contributed by atoms with van der Waals surface area (Å²) in [6.07, 6.45) is 5.46. The lowest BCUT2D eigenvalue weighted by Crippen LogP contribution is -2.59. The van der Waals surface area contributed by atoms with Crippen LogP contribution in [0.3, 0.4) is 0 Å². The van der Waals surface area contributed by atoms with Crippen LogP contribution in [0, 0.1) is 5.41 Å². The highest BCUT2D eigenvalue weighted by molar-refractivity contribution is 7.21. The predicted molar refractivity (Wildman–Crippen MR) is 212 cm³/mol. The van der Waals surface area contributed by atoms with Gasteiger partial charge in [0.15, 0.2) is 0 Å². The SMILES string of the molecule is C[C@@H]1CNc2c(sc3ccc4nc(N5CCC6(CC5)CC(N5CCN(c7ccc8c(c7)n(C)c(=O)n8C7CCC(=O)NC7=O)CC5)C6)ccc4c23)C(=O)N1. The van der Waals surface area contributed by atoms with E-state index in [2.05, 4.69) is 67.0 Å². The predicted octanol–water partition coefficient (Wildman–Crippen LogP) is 4.20. The number of pyridine rings is 1. The zero-order valence-electron chi connectivity index (χ0n) is 30.7. The summed E-state index contributed by atoms with van der Waals surface area (Å²) in [5, 5.41) is 11.2. The number of aryl methyl sites for hydroxylation is 1. The number of aromatic nitrogens is 3. The number of carbonyl (C=O) groups excluding carboxylic acids is 3. The molecular formula is C40H45N9O4S. The van der Waals surface area contributed by atoms with Crippen molar-refractivity contribution in [3.05, 3.63) is 57.8 Å². The number of piperazine rings is 1. The molecular weight excluding hydrogens is 703 g/mol. The van der Waals surface area contributed by atoms with Gasteiger partial charge in [0.1, 0.15) is 16.7 Å². The highest BCUT2D eigenvalue weighted by Gasteiger charge is 2.48. The Morgan fingerprint density at radius 1 is 0.889 bits per heavy atom. The first-order valence-corrected chi connectivity index (χ1v) is 20.2. The number of benzene rings is 2. The maximum atomic E-state index is 13.2. The van der Waals surface area contributed by atoms with Crippen molar-refractivity contribution in [1.82, 2.24) is 29.7 Å². The number of rotatable bonds is 4. The number of hydrogen-bond donors (Lipinski definition) is 3. The molecule has 4 fully saturated rings. The van der Waals surface area contributed by atoms with Gasteiger partial charge in [-0.05, 0) is 86.9 Å². The van der Waals surface area contributed by atoms with Gasteiger partial charge in [-0.1, -0.05) is 0 Å². The molecule has 280 valence electrons. The molecule has 0 radical (unpaired) electrons. The molecule has 0 bridgehead atoms. The molecule has 1 unspecified atom stereocenters. The van der Waals surface area contributed by atoms with E-state index in [4.69, 9.17) is 4.98 Å². The Morgan fingerprint density at radius 3 is 2.46 bits per heavy atom. The van der Waals surface area contributed by atoms with E-state index >= 15 is 0 Å². The van der Waals surface area contributed by atoms with Crippen molar-refractivity contribution in [2.24, 2.45) is 12.5 Å². The van der Waals surface area contributed by atoms with E-state index in [0.29, 0.717) is 24.4 Å². The van der Waals surface area contributed by atoms with Crippen molar-refractivity contribution in [1.29, 1.82) is 0 Å². The number of anilines is 3. The number of imide groups is 1. The highest BCUT2D eigenvalue weighted by Crippen LogP contribution is 2.51. The van der Waals surface area contributed by atoms with E-state index in [1.807, 2.05) is 13.0 Å². The Balaban J connectivity index is 0.762. The fourth-order valence-corrected chi connectivity index (χ4v) is 10.9. The number of amides is 3. The molecule has 1 saturated carbocycles. The molecule has 1 spiro atoms. The molecule has 54 heavy (non-hydrogen) atoms. The largest absolute Gasteiger partial charge is 0.381 e. The van der Waals surface area contributed by atoms with Crippen LogP contribution >= 0.6 is 11.3 Å². The standard InChI is InChI=1S/C40H45N9O4S/c1-23-22-41-35-34-26-4-9-32(43-27(26)5-8-31(34)54-36(35)38(52)42-23)48-13-11-40(12-14-48)20-25(21-40)47-17-15-46(16-18-47)24-3-6-28-30(19-24)45(2)39(53)49(28)29-7-10-33(50)44-37(29)51/h3-6,8-9,19,23,25,29,41H,7,10-18,20-22H2,1-2H3,(H,42,52)(H,44,50,51)/t23-,29?/m1/s1. The molecule has 10 rings (SSSR count). The second-order valence-electron chi connectivity index (χ2n) is 16.2. The molecule has 2 aromatic carbocycles. The fraction of sp³-hybridized carbons (Fsp3) is 0.475. The van der Waals surface area contributed by atoms with Crippen LogP contribution < -0.4 is 31.4 Å². The van der Waals surface area contributed by atoms with E-state index in [1.165, 1.54) is 25.7 Å². The summed E-state index contributed by atoms with van der Waals surface area (Å²) in [5.41, 5.74) is 4.70. The fourth-order valence-electron chi connectivity index (χ4n) is 9.83. The van der Waals surface area contributed by atoms with Crippen molar-refractivity contribution in [3.63, 3.8) is 0 Å². The molecule has 3 N–H and O–H groups in total. The summed E-state index contributed by atoms with van der Waals surface area (Å²) in [5.74, 6) is 0.334. The van der Waals surface area contributed by atoms with Gasteiger partial charge in [0.05, 0.1) is 22.2 Å². The van der Waals surface area contributed by atoms with Gasteiger partial charge in [-0.15, -0.1) is 11.3 Å². The first-order chi connectivity index (χ1) is 26.1. The lowest BCUT2D eigenvalue weighted by molar-refractivity contribution is -0.135. The lowest BCUT2D eigenvalue weighted by Gasteiger charge is -2.56. The summed E-state index contributed by atoms with van der Waals surface area (Å²) in [6.45, 7) is 8.66. The third-order valence-electron chi connectivity index (χ3n) is 13.0. The minimum Gasteiger partial charge on any atom is -0.381 e. The number of nitrogens with one attached hydrogen (secondary N) is 3. The monoisotopic (exact) mass is 747 g/mol. The number of thiophene rings is 1. The van der Waals surface area contributed by atoms with Crippen LogP contribution in [-0.2, 0) is 16.6 Å². The van der Waals surface area contributed by atoms with Gasteiger partial charge in [-0.3, -0.25) is 33.7 Å². The van der Waals surface area contributed by atoms with Crippen LogP contribution in [0.25, 0.3) is 32.0 Å². The zero-order chi connectivity index (χ0) is 36.9. The Morgan fingerprint density at radius 2 is 1.69 bits per heavy atom. The topological polar surface area (TPSA) is 137 Å². The van der Waals surface area contributed by atoms with Gasteiger partial charge in [0.2, 0.25) is 11.8 Å². The molecule has 14 heteroatoms. The van der Waals surface area contributed by atoms with Gasteiger partial charge in [-0.2, -0.15) is 0 Å². The van der Waals surface area contributed by atoms with Crippen LogP contribution in [-0.4, -0.2) is 94.6 Å². The Bertz CT molecular complexity index is 2430. The van der Waals surface area contributed by atoms with Crippen molar-refractivity contribution < 1.29 is 14.4 Å². The number of hydrogen-bond acceptors (Lipinski definition) is 10. The molecule has 4 aliphatic heterocycles. The molecule has 7 heterocycles. The lowest BCUT2D eigenvalue weighted by atomic mass is 9.60. The molecule has 5 aliphatic rings. The summed E-state index contributed by atoms with van der Waals surface area (Å²) >= 11 is 1.55. The van der Waals surface area contributed by atoms with Crippen LogP contribution in [0.1, 0.15) is 61.2 Å². The normalized spacial score (nSPS) is 23.7. The number of carbonyl (C=O) groups is 3. The van der Waals surface area contributed by atoms with Crippen molar-refractivity contribution in [3.8, 4) is 0 Å². The van der Waals surface area contributed by atoms with Crippen molar-refractivity contribution >= 4 is 78.3 Å². The van der Waals surface area contributed by atoms with Gasteiger partial charge in [-0.25, -0.2) is 9.78 Å². The van der Waals surface area contributed by atoms with Crippen LogP contribution in [0.2, 0.25) is 0 Å². The van der Waals surface area contributed by atoms with Gasteiger partial charge >= 0.3 is 5.69 Å². The number of nitrogens with zero attached hydrogens (tertiary/aromatic N) is 6. The molecule has 1 aliphatic carbocycles. The quantitative estimate of drug-likeness (QED) is 0.231. The van der Waals surface area contributed by atoms with Crippen LogP contribution in [0.5, 0.6) is 0 Å². The van der Waals surface area contributed by atoms with Crippen molar-refractivity contribution in [2.45, 2.75) is 63.6 Å². The average Bonchev–Trinajstić information content (AvgIpc) is 3.62. The number of fused-ring (bicyclic) bond motifs is 6. The van der Waals surface area contributed by atoms with E-state index in [1.54, 1.807) is 27.5 Å². The van der Waals surface area contributed by atoms with Crippen LogP contribution in [0.15, 0.2) is 47.3 Å². The smallest absolute Gasteiger partial charge is 0.329 e. The molecule has 3 amide bonds. The third-order valence-corrected chi connectivity index (χ3v) is 14.1. The summed E-state index contributed by atoms with van der Waals surface area (Å²) in [4.78, 5) is 63.8. The second kappa shape index (κ2) is 12.6. The Labute approximate surface area is 316 Å². The van der Waals surface area contributed by atoms with Gasteiger partial charge in [0, 0.05) is 92.5 Å². The van der Waals surface area contributed by atoms with E-state index < -0.39 is 11.9 Å². The van der Waals surface area contributed by atoms with Crippen molar-refractivity contribution in [2.75, 3.05) is 60.9 Å². The number of imidazole rings is 1. The second-order valence-corrected chi connectivity index (χ2v) is 17.2. The number of piperidine rings is 2. The van der Waals surface area contributed by atoms with Crippen LogP contribution in [0.4, 0.5) is 17.2 Å². The van der Waals surface area contributed by atoms with E-state index in [9.17, 15) is 19.2 Å². The molecule has 3 aromatic heterocycles. The maximum absolute atomic E-state index is 13.2. The minimum absolute atomic E-state index is 0.00483. The molecule has 3 saturated heterocycles.